The zero-order chi connectivity index (χ0) is 14.2. The van der Waals surface area contributed by atoms with Crippen LogP contribution in [0.4, 0.5) is 5.69 Å². The first kappa shape index (κ1) is 14.3. The number of hydrogen-bond donors (Lipinski definition) is 2. The highest BCUT2D eigenvalue weighted by atomic mass is 32.1. The number of anilines is 1. The normalized spacial score (nSPS) is 9.85. The van der Waals surface area contributed by atoms with E-state index in [1.165, 1.54) is 5.56 Å². The van der Waals surface area contributed by atoms with Gasteiger partial charge in [0.1, 0.15) is 5.75 Å². The zero-order valence-electron chi connectivity index (χ0n) is 11.3. The quantitative estimate of drug-likeness (QED) is 0.827. The number of nitrogens with one attached hydrogen (secondary N) is 2. The molecule has 20 heavy (non-hydrogen) atoms. The lowest BCUT2D eigenvalue weighted by molar-refractivity contribution is 0.409. The molecule has 3 nitrogen and oxygen atoms in total. The summed E-state index contributed by atoms with van der Waals surface area (Å²) in [4.78, 5) is 0. The molecule has 0 aliphatic heterocycles. The van der Waals surface area contributed by atoms with Gasteiger partial charge in [0.2, 0.25) is 0 Å². The molecular weight excluding hydrogens is 268 g/mol. The molecule has 0 unspecified atom stereocenters. The van der Waals surface area contributed by atoms with Crippen molar-refractivity contribution >= 4 is 23.0 Å². The van der Waals surface area contributed by atoms with Crippen LogP contribution in [0.2, 0.25) is 0 Å². The van der Waals surface area contributed by atoms with Gasteiger partial charge < -0.3 is 15.4 Å². The second-order valence-electron chi connectivity index (χ2n) is 4.23. The average molecular weight is 285 g/mol. The summed E-state index contributed by atoms with van der Waals surface area (Å²) in [6.07, 6.45) is 0.856. The van der Waals surface area contributed by atoms with E-state index in [2.05, 4.69) is 22.8 Å². The Bertz CT molecular complexity index is 557. The maximum absolute atomic E-state index is 5.32. The van der Waals surface area contributed by atoms with Crippen LogP contribution in [0, 0.1) is 6.07 Å². The second-order valence-corrected chi connectivity index (χ2v) is 4.64. The van der Waals surface area contributed by atoms with Crippen LogP contribution in [0.15, 0.2) is 48.5 Å². The molecule has 0 saturated heterocycles. The molecule has 0 amide bonds. The van der Waals surface area contributed by atoms with Crippen LogP contribution >= 0.6 is 12.2 Å². The molecule has 0 spiro atoms. The van der Waals surface area contributed by atoms with Gasteiger partial charge in [-0.15, -0.1) is 0 Å². The molecule has 0 bridgehead atoms. The Labute approximate surface area is 125 Å². The first-order valence-corrected chi connectivity index (χ1v) is 6.83. The van der Waals surface area contributed by atoms with Crippen LogP contribution in [-0.4, -0.2) is 18.8 Å². The number of benzene rings is 2. The Kier molecular flexibility index (Phi) is 5.38. The monoisotopic (exact) mass is 285 g/mol. The molecule has 1 radical (unpaired) electrons. The lowest BCUT2D eigenvalue weighted by Crippen LogP contribution is -2.30. The van der Waals surface area contributed by atoms with E-state index < -0.39 is 0 Å². The number of thiocarbonyl (C=S) groups is 1. The van der Waals surface area contributed by atoms with E-state index in [4.69, 9.17) is 17.0 Å². The molecule has 2 N–H and O–H groups in total. The predicted molar refractivity (Wildman–Crippen MR) is 86.2 cm³/mol. The molecule has 4 heteroatoms. The Morgan fingerprint density at radius 3 is 2.70 bits per heavy atom. The highest BCUT2D eigenvalue weighted by Crippen LogP contribution is 2.17. The van der Waals surface area contributed by atoms with Crippen molar-refractivity contribution in [2.24, 2.45) is 0 Å². The highest BCUT2D eigenvalue weighted by Gasteiger charge is 2.02. The summed E-state index contributed by atoms with van der Waals surface area (Å²) in [5.41, 5.74) is 2.12. The molecule has 2 aromatic carbocycles. The minimum absolute atomic E-state index is 0.617. The second kappa shape index (κ2) is 7.50. The van der Waals surface area contributed by atoms with Crippen LogP contribution in [0.5, 0.6) is 5.75 Å². The van der Waals surface area contributed by atoms with Crippen LogP contribution < -0.4 is 15.4 Å². The van der Waals surface area contributed by atoms with Crippen LogP contribution in [-0.2, 0) is 6.42 Å². The molecule has 2 aromatic rings. The van der Waals surface area contributed by atoms with Gasteiger partial charge in [0.05, 0.1) is 7.11 Å². The highest BCUT2D eigenvalue weighted by molar-refractivity contribution is 7.80. The summed E-state index contributed by atoms with van der Waals surface area (Å²) >= 11 is 5.25. The molecular formula is C16H17N2OS. The fraction of sp³-hybridized carbons (Fsp3) is 0.188. The molecule has 0 aliphatic rings. The standard InChI is InChI=1S/C16H17N2OS/c1-19-15-10-6-5-7-13(15)11-12-17-16(20)18-14-8-3-2-4-9-14/h3-10H,11-12H2,1H3,(H2,17,18,20). The number of para-hydroxylation sites is 1. The van der Waals surface area contributed by atoms with Crippen molar-refractivity contribution in [2.75, 3.05) is 19.0 Å². The molecule has 0 fully saturated rings. The van der Waals surface area contributed by atoms with Crippen molar-refractivity contribution in [3.8, 4) is 5.75 Å². The Morgan fingerprint density at radius 2 is 1.95 bits per heavy atom. The number of ether oxygens (including phenoxy) is 1. The first-order chi connectivity index (χ1) is 9.79. The third kappa shape index (κ3) is 4.24. The summed E-state index contributed by atoms with van der Waals surface area (Å²) in [7, 11) is 1.69. The SMILES string of the molecule is COc1ccccc1CCNC(=S)Nc1cc[c]cc1. The summed E-state index contributed by atoms with van der Waals surface area (Å²) < 4.78 is 5.32. The van der Waals surface area contributed by atoms with Gasteiger partial charge in [0, 0.05) is 12.2 Å². The molecule has 0 saturated carbocycles. The van der Waals surface area contributed by atoms with E-state index in [0.29, 0.717) is 5.11 Å². The minimum atomic E-state index is 0.617. The molecule has 0 aromatic heterocycles. The topological polar surface area (TPSA) is 33.3 Å². The largest absolute Gasteiger partial charge is 0.496 e. The smallest absolute Gasteiger partial charge is 0.170 e. The van der Waals surface area contributed by atoms with Gasteiger partial charge in [0.15, 0.2) is 5.11 Å². The fourth-order valence-electron chi connectivity index (χ4n) is 1.87. The first-order valence-electron chi connectivity index (χ1n) is 6.42. The van der Waals surface area contributed by atoms with Gasteiger partial charge in [-0.25, -0.2) is 0 Å². The predicted octanol–water partition coefficient (Wildman–Crippen LogP) is 3.02. The number of rotatable bonds is 5. The molecule has 2 rings (SSSR count). The van der Waals surface area contributed by atoms with E-state index in [0.717, 1.165) is 24.4 Å². The number of hydrogen-bond acceptors (Lipinski definition) is 2. The van der Waals surface area contributed by atoms with E-state index >= 15 is 0 Å². The van der Waals surface area contributed by atoms with Gasteiger partial charge in [-0.2, -0.15) is 0 Å². The van der Waals surface area contributed by atoms with Crippen molar-refractivity contribution in [3.05, 3.63) is 60.2 Å². The van der Waals surface area contributed by atoms with E-state index in [1.54, 1.807) is 7.11 Å². The molecule has 0 heterocycles. The van der Waals surface area contributed by atoms with Crippen LogP contribution in [0.1, 0.15) is 5.56 Å². The zero-order valence-corrected chi connectivity index (χ0v) is 12.2. The third-order valence-electron chi connectivity index (χ3n) is 2.85. The van der Waals surface area contributed by atoms with E-state index in [1.807, 2.05) is 42.5 Å². The van der Waals surface area contributed by atoms with E-state index in [-0.39, 0.29) is 0 Å². The summed E-state index contributed by atoms with van der Waals surface area (Å²) in [6.45, 7) is 0.755. The number of methoxy groups -OCH3 is 1. The molecule has 0 atom stereocenters. The Balaban J connectivity index is 1.79. The van der Waals surface area contributed by atoms with Gasteiger partial charge in [-0.3, -0.25) is 0 Å². The molecule has 103 valence electrons. The van der Waals surface area contributed by atoms with Gasteiger partial charge in [-0.05, 0) is 48.5 Å². The van der Waals surface area contributed by atoms with Crippen molar-refractivity contribution in [1.82, 2.24) is 5.32 Å². The van der Waals surface area contributed by atoms with Gasteiger partial charge in [0.25, 0.3) is 0 Å². The van der Waals surface area contributed by atoms with Gasteiger partial charge >= 0.3 is 0 Å². The third-order valence-corrected chi connectivity index (χ3v) is 3.09. The Morgan fingerprint density at radius 1 is 1.20 bits per heavy atom. The van der Waals surface area contributed by atoms with Gasteiger partial charge in [-0.1, -0.05) is 30.3 Å². The summed E-state index contributed by atoms with van der Waals surface area (Å²) in [5.74, 6) is 0.909. The fourth-order valence-corrected chi connectivity index (χ4v) is 2.09. The van der Waals surface area contributed by atoms with Crippen molar-refractivity contribution < 1.29 is 4.74 Å². The van der Waals surface area contributed by atoms with Crippen LogP contribution in [0.3, 0.4) is 0 Å². The minimum Gasteiger partial charge on any atom is -0.496 e. The average Bonchev–Trinajstić information content (AvgIpc) is 2.49. The van der Waals surface area contributed by atoms with Crippen LogP contribution in [0.25, 0.3) is 0 Å². The lowest BCUT2D eigenvalue weighted by atomic mass is 10.1. The molecule has 0 aliphatic carbocycles. The van der Waals surface area contributed by atoms with Crippen molar-refractivity contribution in [1.29, 1.82) is 0 Å². The summed E-state index contributed by atoms with van der Waals surface area (Å²) in [5, 5.41) is 6.93. The van der Waals surface area contributed by atoms with E-state index in [9.17, 15) is 0 Å². The van der Waals surface area contributed by atoms with Crippen molar-refractivity contribution in [3.63, 3.8) is 0 Å². The maximum Gasteiger partial charge on any atom is 0.170 e. The summed E-state index contributed by atoms with van der Waals surface area (Å²) in [6, 6.07) is 18.5. The maximum atomic E-state index is 5.32. The Hall–Kier alpha value is -2.07. The van der Waals surface area contributed by atoms with Crippen molar-refractivity contribution in [2.45, 2.75) is 6.42 Å². The lowest BCUT2D eigenvalue weighted by Gasteiger charge is -2.11.